The number of benzene rings is 1. The van der Waals surface area contributed by atoms with Crippen LogP contribution in [0.5, 0.6) is 0 Å². The predicted molar refractivity (Wildman–Crippen MR) is 86.4 cm³/mol. The molecule has 0 aliphatic heterocycles. The number of hydrogen-bond acceptors (Lipinski definition) is 3. The van der Waals surface area contributed by atoms with Crippen LogP contribution >= 0.6 is 15.9 Å². The van der Waals surface area contributed by atoms with E-state index in [2.05, 4.69) is 25.9 Å². The summed E-state index contributed by atoms with van der Waals surface area (Å²) in [5.74, 6) is 0.271. The predicted octanol–water partition coefficient (Wildman–Crippen LogP) is 4.31. The van der Waals surface area contributed by atoms with Crippen LogP contribution in [0.1, 0.15) is 43.9 Å². The quantitative estimate of drug-likeness (QED) is 0.839. The van der Waals surface area contributed by atoms with Crippen LogP contribution in [0, 0.1) is 0 Å². The monoisotopic (exact) mass is 350 g/mol. The molecule has 112 valence electrons. The fourth-order valence-corrected chi connectivity index (χ4v) is 2.52. The van der Waals surface area contributed by atoms with Gasteiger partial charge in [-0.3, -0.25) is 0 Å². The summed E-state index contributed by atoms with van der Waals surface area (Å²) in [4.78, 5) is 19.9. The first-order chi connectivity index (χ1) is 9.84. The van der Waals surface area contributed by atoms with E-state index in [1.165, 1.54) is 0 Å². The average Bonchev–Trinajstić information content (AvgIpc) is 2.84. The maximum absolute atomic E-state index is 12.1. The van der Waals surface area contributed by atoms with Crippen LogP contribution in [0.15, 0.2) is 28.7 Å². The van der Waals surface area contributed by atoms with E-state index in [1.807, 2.05) is 45.0 Å². The Bertz CT molecular complexity index is 657. The lowest BCUT2D eigenvalue weighted by Gasteiger charge is -2.17. The molecule has 0 aliphatic carbocycles. The Morgan fingerprint density at radius 2 is 2.00 bits per heavy atom. The summed E-state index contributed by atoms with van der Waals surface area (Å²) in [7, 11) is 0. The summed E-state index contributed by atoms with van der Waals surface area (Å²) in [6, 6.07) is 7.76. The maximum Gasteiger partial charge on any atom is 0.358 e. The molecule has 21 heavy (non-hydrogen) atoms. The lowest BCUT2D eigenvalue weighted by atomic mass is 9.91. The number of H-pyrrole nitrogens is 1. The van der Waals surface area contributed by atoms with Crippen molar-refractivity contribution in [3.8, 4) is 11.4 Å². The lowest BCUT2D eigenvalue weighted by Crippen LogP contribution is -2.18. The fourth-order valence-electron chi connectivity index (χ4n) is 2.04. The number of nitrogens with zero attached hydrogens (tertiary/aromatic N) is 1. The number of imidazole rings is 1. The van der Waals surface area contributed by atoms with Crippen molar-refractivity contribution in [2.75, 3.05) is 6.61 Å². The van der Waals surface area contributed by atoms with Gasteiger partial charge in [0.15, 0.2) is 5.69 Å². The first-order valence-electron chi connectivity index (χ1n) is 6.87. The molecule has 0 radical (unpaired) electrons. The van der Waals surface area contributed by atoms with Crippen LogP contribution in [0.2, 0.25) is 0 Å². The van der Waals surface area contributed by atoms with Gasteiger partial charge in [-0.2, -0.15) is 0 Å². The highest BCUT2D eigenvalue weighted by molar-refractivity contribution is 9.10. The fraction of sp³-hybridized carbons (Fsp3) is 0.375. The second-order valence-corrected chi connectivity index (χ2v) is 6.61. The van der Waals surface area contributed by atoms with Crippen molar-refractivity contribution in [2.24, 2.45) is 0 Å². The zero-order valence-electron chi connectivity index (χ0n) is 12.7. The number of aromatic amines is 1. The van der Waals surface area contributed by atoms with Gasteiger partial charge in [-0.25, -0.2) is 9.78 Å². The van der Waals surface area contributed by atoms with E-state index in [-0.39, 0.29) is 5.41 Å². The van der Waals surface area contributed by atoms with Crippen LogP contribution in [0.4, 0.5) is 0 Å². The SMILES string of the molecule is CCOC(=O)c1nc(-c2ccccc2Br)[nH]c1C(C)(C)C. The number of ether oxygens (including phenoxy) is 1. The summed E-state index contributed by atoms with van der Waals surface area (Å²) in [5.41, 5.74) is 1.83. The summed E-state index contributed by atoms with van der Waals surface area (Å²) in [6.07, 6.45) is 0. The highest BCUT2D eigenvalue weighted by Crippen LogP contribution is 2.31. The molecule has 0 amide bonds. The third kappa shape index (κ3) is 3.35. The molecule has 0 saturated heterocycles. The molecule has 1 heterocycles. The topological polar surface area (TPSA) is 55.0 Å². The van der Waals surface area contributed by atoms with Gasteiger partial charge in [-0.1, -0.05) is 54.9 Å². The molecule has 4 nitrogen and oxygen atoms in total. The van der Waals surface area contributed by atoms with Crippen molar-refractivity contribution in [2.45, 2.75) is 33.1 Å². The van der Waals surface area contributed by atoms with Gasteiger partial charge in [-0.05, 0) is 13.0 Å². The second kappa shape index (κ2) is 6.02. The minimum Gasteiger partial charge on any atom is -0.461 e. The van der Waals surface area contributed by atoms with Crippen molar-refractivity contribution in [3.63, 3.8) is 0 Å². The van der Waals surface area contributed by atoms with E-state index < -0.39 is 5.97 Å². The number of hydrogen-bond donors (Lipinski definition) is 1. The van der Waals surface area contributed by atoms with Gasteiger partial charge < -0.3 is 9.72 Å². The van der Waals surface area contributed by atoms with E-state index >= 15 is 0 Å². The molecule has 1 aromatic heterocycles. The molecule has 0 atom stereocenters. The number of aromatic nitrogens is 2. The van der Waals surface area contributed by atoms with Crippen LogP contribution in [0.25, 0.3) is 11.4 Å². The van der Waals surface area contributed by atoms with E-state index in [9.17, 15) is 4.79 Å². The molecule has 0 bridgehead atoms. The molecule has 0 spiro atoms. The number of carbonyl (C=O) groups is 1. The Kier molecular flexibility index (Phi) is 4.52. The summed E-state index contributed by atoms with van der Waals surface area (Å²) in [6.45, 7) is 8.23. The molecule has 1 aromatic carbocycles. The van der Waals surface area contributed by atoms with Crippen molar-refractivity contribution in [3.05, 3.63) is 40.1 Å². The van der Waals surface area contributed by atoms with Crippen molar-refractivity contribution >= 4 is 21.9 Å². The Balaban J connectivity index is 2.56. The number of rotatable bonds is 3. The largest absolute Gasteiger partial charge is 0.461 e. The van der Waals surface area contributed by atoms with Gasteiger partial charge in [0.05, 0.1) is 12.3 Å². The number of esters is 1. The van der Waals surface area contributed by atoms with Crippen molar-refractivity contribution in [1.29, 1.82) is 0 Å². The Morgan fingerprint density at radius 1 is 1.33 bits per heavy atom. The lowest BCUT2D eigenvalue weighted by molar-refractivity contribution is 0.0517. The van der Waals surface area contributed by atoms with Gasteiger partial charge in [0.2, 0.25) is 0 Å². The Labute approximate surface area is 133 Å². The smallest absolute Gasteiger partial charge is 0.358 e. The highest BCUT2D eigenvalue weighted by atomic mass is 79.9. The van der Waals surface area contributed by atoms with Gasteiger partial charge in [0, 0.05) is 15.5 Å². The zero-order valence-corrected chi connectivity index (χ0v) is 14.2. The molecular formula is C16H19BrN2O2. The number of nitrogens with one attached hydrogen (secondary N) is 1. The van der Waals surface area contributed by atoms with Crippen LogP contribution in [-0.4, -0.2) is 22.5 Å². The first-order valence-corrected chi connectivity index (χ1v) is 7.66. The maximum atomic E-state index is 12.1. The minimum absolute atomic E-state index is 0.228. The Hall–Kier alpha value is -1.62. The second-order valence-electron chi connectivity index (χ2n) is 5.76. The summed E-state index contributed by atoms with van der Waals surface area (Å²) < 4.78 is 6.04. The average molecular weight is 351 g/mol. The number of carbonyl (C=O) groups excluding carboxylic acids is 1. The highest BCUT2D eigenvalue weighted by Gasteiger charge is 2.28. The normalized spacial score (nSPS) is 11.5. The minimum atomic E-state index is -0.392. The van der Waals surface area contributed by atoms with Gasteiger partial charge in [0.1, 0.15) is 5.82 Å². The van der Waals surface area contributed by atoms with Crippen LogP contribution in [0.3, 0.4) is 0 Å². The molecule has 0 saturated carbocycles. The molecule has 1 N–H and O–H groups in total. The molecule has 2 rings (SSSR count). The van der Waals surface area contributed by atoms with Crippen LogP contribution in [-0.2, 0) is 10.2 Å². The third-order valence-electron chi connectivity index (χ3n) is 3.05. The van der Waals surface area contributed by atoms with E-state index in [4.69, 9.17) is 4.74 Å². The molecule has 0 unspecified atom stereocenters. The molecular weight excluding hydrogens is 332 g/mol. The van der Waals surface area contributed by atoms with Crippen LogP contribution < -0.4 is 0 Å². The van der Waals surface area contributed by atoms with Crippen molar-refractivity contribution < 1.29 is 9.53 Å². The van der Waals surface area contributed by atoms with Gasteiger partial charge >= 0.3 is 5.97 Å². The first kappa shape index (κ1) is 15.8. The molecule has 2 aromatic rings. The molecule has 0 aliphatic rings. The standard InChI is InChI=1S/C16H19BrN2O2/c1-5-21-15(20)12-13(16(2,3)4)19-14(18-12)10-8-6-7-9-11(10)17/h6-9H,5H2,1-4H3,(H,18,19). The van der Waals surface area contributed by atoms with Crippen molar-refractivity contribution in [1.82, 2.24) is 9.97 Å². The zero-order chi connectivity index (χ0) is 15.6. The van der Waals surface area contributed by atoms with E-state index in [0.717, 1.165) is 15.7 Å². The van der Waals surface area contributed by atoms with E-state index in [1.54, 1.807) is 6.92 Å². The van der Waals surface area contributed by atoms with Gasteiger partial charge in [-0.15, -0.1) is 0 Å². The number of halogens is 1. The van der Waals surface area contributed by atoms with E-state index in [0.29, 0.717) is 18.1 Å². The summed E-state index contributed by atoms with van der Waals surface area (Å²) >= 11 is 3.51. The molecule has 5 heteroatoms. The summed E-state index contributed by atoms with van der Waals surface area (Å²) in [5, 5.41) is 0. The molecule has 0 fully saturated rings. The van der Waals surface area contributed by atoms with Gasteiger partial charge in [0.25, 0.3) is 0 Å². The Morgan fingerprint density at radius 3 is 2.57 bits per heavy atom. The third-order valence-corrected chi connectivity index (χ3v) is 3.74.